The molecule has 1 atom stereocenters. The highest BCUT2D eigenvalue weighted by Crippen LogP contribution is 2.37. The molecule has 5 rings (SSSR count). The molecule has 0 spiro atoms. The zero-order chi connectivity index (χ0) is 32.7. The van der Waals surface area contributed by atoms with Crippen molar-refractivity contribution in [2.45, 2.75) is 32.3 Å². The van der Waals surface area contributed by atoms with Crippen LogP contribution >= 0.6 is 0 Å². The van der Waals surface area contributed by atoms with Gasteiger partial charge < -0.3 is 33.7 Å². The Morgan fingerprint density at radius 1 is 0.978 bits per heavy atom. The Balaban J connectivity index is 1.44. The Kier molecular flexibility index (Phi) is 10.5. The summed E-state index contributed by atoms with van der Waals surface area (Å²) in [5.41, 5.74) is 2.65. The summed E-state index contributed by atoms with van der Waals surface area (Å²) in [5.74, 6) is -0.824. The summed E-state index contributed by atoms with van der Waals surface area (Å²) in [4.78, 5) is 22.5. The van der Waals surface area contributed by atoms with Gasteiger partial charge in [-0.2, -0.15) is 0 Å². The monoisotopic (exact) mass is 633 g/mol. The lowest BCUT2D eigenvalue weighted by molar-refractivity contribution is -0.140. The fraction of sp³-hybridized carbons (Fsp3) is 0.314. The molecule has 0 fully saturated rings. The second kappa shape index (κ2) is 14.7. The number of rotatable bonds is 15. The number of carbonyl (C=O) groups excluding carboxylic acids is 1. The van der Waals surface area contributed by atoms with E-state index in [4.69, 9.17) is 23.7 Å². The van der Waals surface area contributed by atoms with Crippen molar-refractivity contribution < 1.29 is 37.3 Å². The van der Waals surface area contributed by atoms with Crippen molar-refractivity contribution in [3.63, 3.8) is 0 Å². The van der Waals surface area contributed by atoms with E-state index in [1.165, 1.54) is 31.4 Å². The summed E-state index contributed by atoms with van der Waals surface area (Å²) >= 11 is 0. The number of fused-ring (bicyclic) bond motifs is 1. The molecule has 1 unspecified atom stereocenters. The highest BCUT2D eigenvalue weighted by molar-refractivity contribution is 5.85. The standard InChI is InChI=1S/C35H37F2N3O6/c1-22-26-12-13-38-30(26)20-29(37)33(22)46-25-9-10-28(36)27(19-25)34-39-21-31(40-34)35(2,45-17-16-44-15-14-42-3)24-7-5-6-23(18-24)8-11-32(41)43-4/h5-7,9-10,12-13,18-21,38H,8,11,14-17H2,1-4H3,(H,39,40). The van der Waals surface area contributed by atoms with Gasteiger partial charge >= 0.3 is 5.97 Å². The van der Waals surface area contributed by atoms with E-state index in [-0.39, 0.29) is 41.9 Å². The van der Waals surface area contributed by atoms with Crippen molar-refractivity contribution in [2.75, 3.05) is 40.6 Å². The van der Waals surface area contributed by atoms with E-state index in [9.17, 15) is 9.18 Å². The smallest absolute Gasteiger partial charge is 0.305 e. The molecule has 0 radical (unpaired) electrons. The SMILES string of the molecule is COCCOCCOC(C)(c1cccc(CCC(=O)OC)c1)c1cnc(-c2cc(Oc3c(F)cc4[nH]ccc4c3C)ccc2F)[nH]1. The van der Waals surface area contributed by atoms with Crippen molar-refractivity contribution in [2.24, 2.45) is 0 Å². The summed E-state index contributed by atoms with van der Waals surface area (Å²) in [6.45, 7) is 5.11. The number of esters is 1. The van der Waals surface area contributed by atoms with Gasteiger partial charge in [0.1, 0.15) is 23.0 Å². The molecule has 2 heterocycles. The van der Waals surface area contributed by atoms with Crippen molar-refractivity contribution in [1.82, 2.24) is 15.0 Å². The Morgan fingerprint density at radius 2 is 1.80 bits per heavy atom. The molecule has 2 aromatic heterocycles. The van der Waals surface area contributed by atoms with E-state index in [1.54, 1.807) is 26.4 Å². The number of aromatic nitrogens is 3. The third kappa shape index (κ3) is 7.28. The predicted molar refractivity (Wildman–Crippen MR) is 169 cm³/mol. The van der Waals surface area contributed by atoms with Crippen LogP contribution in [0.15, 0.2) is 67.0 Å². The van der Waals surface area contributed by atoms with Gasteiger partial charge in [0, 0.05) is 42.3 Å². The van der Waals surface area contributed by atoms with Gasteiger partial charge in [0.2, 0.25) is 0 Å². The number of halogens is 2. The molecule has 242 valence electrons. The number of nitrogens with zero attached hydrogens (tertiary/aromatic N) is 1. The first-order valence-electron chi connectivity index (χ1n) is 14.9. The average molecular weight is 634 g/mol. The maximum atomic E-state index is 15.2. The first-order chi connectivity index (χ1) is 22.2. The first kappa shape index (κ1) is 32.8. The number of hydrogen-bond acceptors (Lipinski definition) is 7. The van der Waals surface area contributed by atoms with Gasteiger partial charge in [0.25, 0.3) is 0 Å². The zero-order valence-corrected chi connectivity index (χ0v) is 26.2. The molecule has 11 heteroatoms. The van der Waals surface area contributed by atoms with Gasteiger partial charge in [-0.05, 0) is 55.7 Å². The molecule has 0 bridgehead atoms. The van der Waals surface area contributed by atoms with Gasteiger partial charge in [-0.1, -0.05) is 24.3 Å². The van der Waals surface area contributed by atoms with Crippen LogP contribution in [0.25, 0.3) is 22.3 Å². The van der Waals surface area contributed by atoms with Gasteiger partial charge in [0.15, 0.2) is 11.6 Å². The van der Waals surface area contributed by atoms with E-state index >= 15 is 4.39 Å². The lowest BCUT2D eigenvalue weighted by Crippen LogP contribution is -2.30. The molecule has 5 aromatic rings. The summed E-state index contributed by atoms with van der Waals surface area (Å²) in [7, 11) is 2.96. The molecular weight excluding hydrogens is 596 g/mol. The number of aromatic amines is 2. The van der Waals surface area contributed by atoms with Crippen LogP contribution in [-0.2, 0) is 35.8 Å². The number of H-pyrrole nitrogens is 2. The van der Waals surface area contributed by atoms with E-state index in [1.807, 2.05) is 37.3 Å². The van der Waals surface area contributed by atoms with Gasteiger partial charge in [-0.15, -0.1) is 0 Å². The van der Waals surface area contributed by atoms with Gasteiger partial charge in [-0.3, -0.25) is 4.79 Å². The second-order valence-corrected chi connectivity index (χ2v) is 10.9. The Bertz CT molecular complexity index is 1800. The largest absolute Gasteiger partial charge is 0.469 e. The van der Waals surface area contributed by atoms with E-state index < -0.39 is 17.2 Å². The van der Waals surface area contributed by atoms with E-state index in [0.29, 0.717) is 43.0 Å². The van der Waals surface area contributed by atoms with Crippen molar-refractivity contribution in [1.29, 1.82) is 0 Å². The third-order valence-electron chi connectivity index (χ3n) is 7.89. The fourth-order valence-corrected chi connectivity index (χ4v) is 5.25. The summed E-state index contributed by atoms with van der Waals surface area (Å²) in [5, 5.41) is 0.826. The number of nitrogens with one attached hydrogen (secondary N) is 2. The molecule has 0 aliphatic rings. The maximum absolute atomic E-state index is 15.2. The van der Waals surface area contributed by atoms with Crippen LogP contribution in [0, 0.1) is 18.6 Å². The van der Waals surface area contributed by atoms with E-state index in [2.05, 4.69) is 15.0 Å². The Morgan fingerprint density at radius 3 is 2.61 bits per heavy atom. The van der Waals surface area contributed by atoms with E-state index in [0.717, 1.165) is 16.5 Å². The number of aryl methyl sites for hydroxylation is 2. The second-order valence-electron chi connectivity index (χ2n) is 10.9. The highest BCUT2D eigenvalue weighted by atomic mass is 19.1. The number of imidazole rings is 1. The number of hydrogen-bond donors (Lipinski definition) is 2. The van der Waals surface area contributed by atoms with Crippen LogP contribution in [-0.4, -0.2) is 61.6 Å². The van der Waals surface area contributed by atoms with Gasteiger partial charge in [-0.25, -0.2) is 13.8 Å². The van der Waals surface area contributed by atoms with Crippen molar-refractivity contribution in [3.05, 3.63) is 101 Å². The summed E-state index contributed by atoms with van der Waals surface area (Å²) in [6.07, 6.45) is 4.05. The molecule has 9 nitrogen and oxygen atoms in total. The number of methoxy groups -OCH3 is 2. The number of benzene rings is 3. The Hall–Kier alpha value is -4.58. The van der Waals surface area contributed by atoms with Crippen LogP contribution in [0.2, 0.25) is 0 Å². The topological polar surface area (TPSA) is 108 Å². The molecule has 46 heavy (non-hydrogen) atoms. The van der Waals surface area contributed by atoms with Crippen molar-refractivity contribution >= 4 is 16.9 Å². The minimum atomic E-state index is -1.05. The normalized spacial score (nSPS) is 12.7. The summed E-state index contributed by atoms with van der Waals surface area (Å²) in [6, 6.07) is 15.1. The van der Waals surface area contributed by atoms with Crippen LogP contribution in [0.3, 0.4) is 0 Å². The molecule has 0 amide bonds. The number of carbonyl (C=O) groups is 1. The predicted octanol–water partition coefficient (Wildman–Crippen LogP) is 6.99. The van der Waals surface area contributed by atoms with Crippen LogP contribution < -0.4 is 4.74 Å². The average Bonchev–Trinajstić information content (AvgIpc) is 3.75. The third-order valence-corrected chi connectivity index (χ3v) is 7.89. The molecule has 0 saturated heterocycles. The molecule has 0 saturated carbocycles. The lowest BCUT2D eigenvalue weighted by Gasteiger charge is -2.30. The number of ether oxygens (including phenoxy) is 5. The van der Waals surface area contributed by atoms with Crippen LogP contribution in [0.4, 0.5) is 8.78 Å². The lowest BCUT2D eigenvalue weighted by atomic mass is 9.90. The molecule has 2 N–H and O–H groups in total. The first-order valence-corrected chi connectivity index (χ1v) is 14.9. The van der Waals surface area contributed by atoms with Crippen LogP contribution in [0.5, 0.6) is 11.5 Å². The minimum absolute atomic E-state index is 0.0607. The molecule has 3 aromatic carbocycles. The fourth-order valence-electron chi connectivity index (χ4n) is 5.25. The minimum Gasteiger partial charge on any atom is -0.469 e. The molecule has 0 aliphatic heterocycles. The van der Waals surface area contributed by atoms with Gasteiger partial charge in [0.05, 0.1) is 51.0 Å². The molecule has 0 aliphatic carbocycles. The highest BCUT2D eigenvalue weighted by Gasteiger charge is 2.33. The molecular formula is C35H37F2N3O6. The van der Waals surface area contributed by atoms with Crippen LogP contribution in [0.1, 0.15) is 35.7 Å². The zero-order valence-electron chi connectivity index (χ0n) is 26.2. The van der Waals surface area contributed by atoms with Crippen molar-refractivity contribution in [3.8, 4) is 22.9 Å². The summed E-state index contributed by atoms with van der Waals surface area (Å²) < 4.78 is 58.0. The maximum Gasteiger partial charge on any atom is 0.305 e. The Labute approximate surface area is 265 Å². The quantitative estimate of drug-likeness (QED) is 0.0946.